The van der Waals surface area contributed by atoms with E-state index in [1.807, 2.05) is 0 Å². The van der Waals surface area contributed by atoms with Crippen LogP contribution in [0.3, 0.4) is 0 Å². The van der Waals surface area contributed by atoms with Gasteiger partial charge in [0.05, 0.1) is 22.2 Å². The van der Waals surface area contributed by atoms with Crippen molar-refractivity contribution < 1.29 is 17.9 Å². The normalized spacial score (nSPS) is 12.0. The van der Waals surface area contributed by atoms with Crippen molar-refractivity contribution in [3.8, 4) is 5.82 Å². The fraction of sp³-hybridized carbons (Fsp3) is 0.0769. The number of hydrogen-bond donors (Lipinski definition) is 0. The summed E-state index contributed by atoms with van der Waals surface area (Å²) in [7, 11) is 0. The topological polar surface area (TPSA) is 44.8 Å². The molecule has 0 bridgehead atoms. The van der Waals surface area contributed by atoms with Crippen LogP contribution in [0.15, 0.2) is 42.7 Å². The van der Waals surface area contributed by atoms with Crippen molar-refractivity contribution in [2.24, 2.45) is 0 Å². The molecule has 3 rings (SSSR count). The SMILES string of the molecule is [O-][n+]1cc(C(F)(F)F)ccc1-n1ncc2c(Cl)cccc21. The maximum absolute atomic E-state index is 12.6. The molecule has 0 saturated carbocycles. The molecular weight excluding hydrogens is 307 g/mol. The maximum atomic E-state index is 12.6. The van der Waals surface area contributed by atoms with Crippen LogP contribution in [-0.2, 0) is 6.18 Å². The lowest BCUT2D eigenvalue weighted by atomic mass is 10.2. The predicted octanol–water partition coefficient (Wildman–Crippen LogP) is 3.33. The molecule has 1 aromatic carbocycles. The third-order valence-electron chi connectivity index (χ3n) is 3.00. The van der Waals surface area contributed by atoms with Gasteiger partial charge < -0.3 is 5.21 Å². The molecule has 0 aliphatic carbocycles. The lowest BCUT2D eigenvalue weighted by Gasteiger charge is -2.11. The Balaban J connectivity index is 2.18. The predicted molar refractivity (Wildman–Crippen MR) is 70.0 cm³/mol. The highest BCUT2D eigenvalue weighted by molar-refractivity contribution is 6.35. The van der Waals surface area contributed by atoms with Crippen LogP contribution in [0.4, 0.5) is 13.2 Å². The molecule has 0 saturated heterocycles. The Bertz CT molecular complexity index is 829. The van der Waals surface area contributed by atoms with E-state index < -0.39 is 11.7 Å². The summed E-state index contributed by atoms with van der Waals surface area (Å²) in [6.07, 6.45) is -2.64. The molecular formula is C13H7ClF3N3O. The Morgan fingerprint density at radius 3 is 2.62 bits per heavy atom. The van der Waals surface area contributed by atoms with Gasteiger partial charge in [-0.25, -0.2) is 4.73 Å². The maximum Gasteiger partial charge on any atom is 0.419 e. The Morgan fingerprint density at radius 1 is 1.19 bits per heavy atom. The minimum Gasteiger partial charge on any atom is -0.711 e. The zero-order chi connectivity index (χ0) is 15.2. The lowest BCUT2D eigenvalue weighted by molar-refractivity contribution is -0.601. The quantitative estimate of drug-likeness (QED) is 0.511. The molecule has 0 aliphatic rings. The summed E-state index contributed by atoms with van der Waals surface area (Å²) in [6.45, 7) is 0. The molecule has 8 heteroatoms. The molecule has 3 aromatic rings. The number of nitrogens with zero attached hydrogens (tertiary/aromatic N) is 3. The zero-order valence-electron chi connectivity index (χ0n) is 10.3. The zero-order valence-corrected chi connectivity index (χ0v) is 11.1. The highest BCUT2D eigenvalue weighted by atomic mass is 35.5. The molecule has 0 spiro atoms. The average Bonchev–Trinajstić information content (AvgIpc) is 2.83. The number of alkyl halides is 3. The second kappa shape index (κ2) is 4.63. The van der Waals surface area contributed by atoms with Gasteiger partial charge in [0.25, 0.3) is 0 Å². The third-order valence-corrected chi connectivity index (χ3v) is 3.33. The van der Waals surface area contributed by atoms with Gasteiger partial charge in [0.2, 0.25) is 0 Å². The Hall–Kier alpha value is -2.28. The molecule has 0 N–H and O–H groups in total. The van der Waals surface area contributed by atoms with Gasteiger partial charge >= 0.3 is 12.0 Å². The number of halogens is 4. The number of hydrogen-bond acceptors (Lipinski definition) is 2. The van der Waals surface area contributed by atoms with Crippen molar-refractivity contribution >= 4 is 22.5 Å². The van der Waals surface area contributed by atoms with Crippen LogP contribution < -0.4 is 4.73 Å². The summed E-state index contributed by atoms with van der Waals surface area (Å²) in [5, 5.41) is 16.9. The molecule has 0 amide bonds. The number of benzene rings is 1. The summed E-state index contributed by atoms with van der Waals surface area (Å²) < 4.78 is 39.0. The van der Waals surface area contributed by atoms with E-state index in [1.54, 1.807) is 18.2 Å². The van der Waals surface area contributed by atoms with Crippen LogP contribution in [0.5, 0.6) is 0 Å². The molecule has 0 unspecified atom stereocenters. The smallest absolute Gasteiger partial charge is 0.419 e. The number of rotatable bonds is 1. The van der Waals surface area contributed by atoms with Crippen molar-refractivity contribution in [1.29, 1.82) is 0 Å². The molecule has 108 valence electrons. The van der Waals surface area contributed by atoms with Gasteiger partial charge in [0, 0.05) is 6.07 Å². The summed E-state index contributed by atoms with van der Waals surface area (Å²) in [4.78, 5) is 0. The summed E-state index contributed by atoms with van der Waals surface area (Å²) in [6, 6.07) is 6.91. The average molecular weight is 314 g/mol. The van der Waals surface area contributed by atoms with Crippen LogP contribution in [-0.4, -0.2) is 9.78 Å². The van der Waals surface area contributed by atoms with E-state index in [0.29, 0.717) is 22.1 Å². The van der Waals surface area contributed by atoms with Crippen molar-refractivity contribution in [1.82, 2.24) is 9.78 Å². The highest BCUT2D eigenvalue weighted by Crippen LogP contribution is 2.29. The largest absolute Gasteiger partial charge is 0.711 e. The van der Waals surface area contributed by atoms with Gasteiger partial charge in [-0.3, -0.25) is 0 Å². The van der Waals surface area contributed by atoms with Gasteiger partial charge in [-0.05, 0) is 18.2 Å². The first-order valence-corrected chi connectivity index (χ1v) is 6.19. The van der Waals surface area contributed by atoms with E-state index in [0.717, 1.165) is 12.1 Å². The monoisotopic (exact) mass is 313 g/mol. The summed E-state index contributed by atoms with van der Waals surface area (Å²) >= 11 is 6.00. The van der Waals surface area contributed by atoms with E-state index in [9.17, 15) is 18.4 Å². The molecule has 4 nitrogen and oxygen atoms in total. The highest BCUT2D eigenvalue weighted by Gasteiger charge is 2.32. The van der Waals surface area contributed by atoms with Gasteiger partial charge in [0.1, 0.15) is 6.20 Å². The number of fused-ring (bicyclic) bond motifs is 1. The van der Waals surface area contributed by atoms with Crippen molar-refractivity contribution in [3.05, 3.63) is 58.5 Å². The Morgan fingerprint density at radius 2 is 1.95 bits per heavy atom. The first-order chi connectivity index (χ1) is 9.88. The summed E-state index contributed by atoms with van der Waals surface area (Å²) in [5.74, 6) is -0.0414. The second-order valence-corrected chi connectivity index (χ2v) is 4.74. The molecule has 0 atom stereocenters. The van der Waals surface area contributed by atoms with Gasteiger partial charge in [-0.1, -0.05) is 27.4 Å². The van der Waals surface area contributed by atoms with E-state index in [2.05, 4.69) is 5.10 Å². The van der Waals surface area contributed by atoms with Crippen LogP contribution in [0.1, 0.15) is 5.56 Å². The number of pyridine rings is 1. The van der Waals surface area contributed by atoms with E-state index >= 15 is 0 Å². The molecule has 0 aliphatic heterocycles. The van der Waals surface area contributed by atoms with E-state index in [1.165, 1.54) is 10.9 Å². The second-order valence-electron chi connectivity index (χ2n) is 4.33. The molecule has 0 radical (unpaired) electrons. The number of aromatic nitrogens is 3. The van der Waals surface area contributed by atoms with Crippen molar-refractivity contribution in [2.75, 3.05) is 0 Å². The van der Waals surface area contributed by atoms with Crippen molar-refractivity contribution in [3.63, 3.8) is 0 Å². The Labute approximate surface area is 121 Å². The van der Waals surface area contributed by atoms with Crippen LogP contribution in [0, 0.1) is 5.21 Å². The van der Waals surface area contributed by atoms with Gasteiger partial charge in [-0.2, -0.15) is 13.2 Å². The van der Waals surface area contributed by atoms with Crippen LogP contribution in [0.25, 0.3) is 16.7 Å². The van der Waals surface area contributed by atoms with Crippen molar-refractivity contribution in [2.45, 2.75) is 6.18 Å². The minimum atomic E-state index is -4.57. The fourth-order valence-electron chi connectivity index (χ4n) is 2.00. The fourth-order valence-corrected chi connectivity index (χ4v) is 2.22. The molecule has 2 heterocycles. The van der Waals surface area contributed by atoms with Gasteiger partial charge in [-0.15, -0.1) is 0 Å². The van der Waals surface area contributed by atoms with Crippen LogP contribution >= 0.6 is 11.6 Å². The standard InChI is InChI=1S/C13H7ClF3N3O/c14-10-2-1-3-11-9(10)6-18-20(11)12-5-4-8(7-19(12)21)13(15,16)17/h1-7H. The summed E-state index contributed by atoms with van der Waals surface area (Å²) in [5.41, 5.74) is -0.484. The minimum absolute atomic E-state index is 0.0414. The Kier molecular flexibility index (Phi) is 3.02. The first kappa shape index (κ1) is 13.7. The third kappa shape index (κ3) is 2.29. The lowest BCUT2D eigenvalue weighted by Crippen LogP contribution is -2.33. The van der Waals surface area contributed by atoms with Gasteiger partial charge in [0.15, 0.2) is 5.52 Å². The molecule has 21 heavy (non-hydrogen) atoms. The first-order valence-electron chi connectivity index (χ1n) is 5.81. The van der Waals surface area contributed by atoms with E-state index in [4.69, 9.17) is 11.6 Å². The molecule has 0 fully saturated rings. The van der Waals surface area contributed by atoms with Crippen LogP contribution in [0.2, 0.25) is 5.02 Å². The van der Waals surface area contributed by atoms with E-state index in [-0.39, 0.29) is 10.5 Å². The molecule has 2 aromatic heterocycles.